The van der Waals surface area contributed by atoms with E-state index in [-0.39, 0.29) is 11.1 Å². The number of fused-ring (bicyclic) bond motifs is 1. The first kappa shape index (κ1) is 18.1. The fourth-order valence-corrected chi connectivity index (χ4v) is 3.46. The van der Waals surface area contributed by atoms with Crippen molar-refractivity contribution in [3.05, 3.63) is 35.5 Å². The van der Waals surface area contributed by atoms with Gasteiger partial charge in [0.25, 0.3) is 11.8 Å². The van der Waals surface area contributed by atoms with Gasteiger partial charge in [-0.25, -0.2) is 9.97 Å². The van der Waals surface area contributed by atoms with E-state index in [0.29, 0.717) is 22.5 Å². The Morgan fingerprint density at radius 2 is 1.82 bits per heavy atom. The van der Waals surface area contributed by atoms with Crippen LogP contribution in [0.25, 0.3) is 16.5 Å². The Labute approximate surface area is 160 Å². The molecule has 9 heteroatoms. The smallest absolute Gasteiger partial charge is 0.308 e. The Balaban J connectivity index is 1.90. The van der Waals surface area contributed by atoms with Gasteiger partial charge in [0.05, 0.1) is 23.2 Å². The highest BCUT2D eigenvalue weighted by atomic mass is 16.4. The molecule has 1 fully saturated rings. The summed E-state index contributed by atoms with van der Waals surface area (Å²) in [4.78, 5) is 49.3. The molecule has 1 aromatic heterocycles. The number of aliphatic carboxylic acids is 1. The topological polar surface area (TPSA) is 116 Å². The van der Waals surface area contributed by atoms with Crippen LogP contribution >= 0.6 is 0 Å². The van der Waals surface area contributed by atoms with E-state index in [0.717, 1.165) is 26.2 Å². The largest absolute Gasteiger partial charge is 0.481 e. The fourth-order valence-electron chi connectivity index (χ4n) is 3.46. The second kappa shape index (κ2) is 7.01. The van der Waals surface area contributed by atoms with Gasteiger partial charge in [-0.1, -0.05) is 18.2 Å². The third kappa shape index (κ3) is 3.20. The molecule has 0 aliphatic carbocycles. The van der Waals surface area contributed by atoms with Crippen molar-refractivity contribution in [3.8, 4) is 0 Å². The summed E-state index contributed by atoms with van der Waals surface area (Å²) >= 11 is 0. The van der Waals surface area contributed by atoms with Gasteiger partial charge in [-0.15, -0.1) is 0 Å². The molecule has 2 aromatic rings. The number of nitrogens with zero attached hydrogens (tertiary/aromatic N) is 4. The summed E-state index contributed by atoms with van der Waals surface area (Å²) in [6, 6.07) is 7.20. The Hall–Kier alpha value is -3.33. The van der Waals surface area contributed by atoms with Crippen LogP contribution < -0.4 is 10.2 Å². The number of carboxylic acid groups (broad SMARTS) is 1. The van der Waals surface area contributed by atoms with Gasteiger partial charge in [0.2, 0.25) is 5.95 Å². The van der Waals surface area contributed by atoms with Crippen LogP contribution in [-0.4, -0.2) is 71.0 Å². The average Bonchev–Trinajstić information content (AvgIpc) is 2.94. The molecule has 9 nitrogen and oxygen atoms in total. The molecular weight excluding hydrogens is 362 g/mol. The van der Waals surface area contributed by atoms with E-state index in [1.165, 1.54) is 0 Å². The summed E-state index contributed by atoms with van der Waals surface area (Å²) in [5.74, 6) is -2.04. The van der Waals surface area contributed by atoms with Crippen LogP contribution in [-0.2, 0) is 14.4 Å². The van der Waals surface area contributed by atoms with Gasteiger partial charge >= 0.3 is 5.97 Å². The molecule has 1 saturated heterocycles. The van der Waals surface area contributed by atoms with Crippen LogP contribution in [0.2, 0.25) is 0 Å². The van der Waals surface area contributed by atoms with Gasteiger partial charge < -0.3 is 14.9 Å². The number of hydrogen-bond acceptors (Lipinski definition) is 7. The van der Waals surface area contributed by atoms with Gasteiger partial charge in [-0.3, -0.25) is 19.7 Å². The molecule has 0 spiro atoms. The number of carboxylic acids is 1. The minimum atomic E-state index is -1.19. The van der Waals surface area contributed by atoms with Crippen molar-refractivity contribution in [2.24, 2.45) is 0 Å². The zero-order valence-electron chi connectivity index (χ0n) is 15.3. The number of carbonyl (C=O) groups excluding carboxylic acids is 2. The van der Waals surface area contributed by atoms with Crippen LogP contribution in [0.1, 0.15) is 12.1 Å². The number of imide groups is 1. The van der Waals surface area contributed by atoms with Crippen molar-refractivity contribution in [3.63, 3.8) is 0 Å². The average molecular weight is 381 g/mol. The summed E-state index contributed by atoms with van der Waals surface area (Å²) < 4.78 is 0. The number of para-hydroxylation sites is 1. The van der Waals surface area contributed by atoms with E-state index in [4.69, 9.17) is 5.11 Å². The van der Waals surface area contributed by atoms with Crippen molar-refractivity contribution >= 4 is 40.2 Å². The quantitative estimate of drug-likeness (QED) is 0.725. The van der Waals surface area contributed by atoms with Gasteiger partial charge in [0, 0.05) is 37.1 Å². The maximum atomic E-state index is 12.5. The fraction of sp³-hybridized carbons (Fsp3) is 0.316. The molecule has 2 N–H and O–H groups in total. The molecule has 0 atom stereocenters. The monoisotopic (exact) mass is 381 g/mol. The highest BCUT2D eigenvalue weighted by Gasteiger charge is 2.34. The van der Waals surface area contributed by atoms with E-state index in [2.05, 4.69) is 20.2 Å². The Kier molecular flexibility index (Phi) is 4.52. The molecule has 1 aromatic carbocycles. The normalized spacial score (nSPS) is 18.1. The SMILES string of the molecule is CN1CCN(c2nc(C3=C(CC(=O)O)C(=O)NC3=O)c3ccccc3n2)CC1. The van der Waals surface area contributed by atoms with E-state index in [1.54, 1.807) is 12.1 Å². The minimum Gasteiger partial charge on any atom is -0.481 e. The first-order chi connectivity index (χ1) is 13.4. The summed E-state index contributed by atoms with van der Waals surface area (Å²) in [6.07, 6.45) is -0.547. The molecule has 2 aliphatic rings. The molecule has 0 saturated carbocycles. The van der Waals surface area contributed by atoms with Crippen molar-refractivity contribution in [1.82, 2.24) is 20.2 Å². The molecule has 2 aliphatic heterocycles. The lowest BCUT2D eigenvalue weighted by Crippen LogP contribution is -2.45. The maximum Gasteiger partial charge on any atom is 0.308 e. The maximum absolute atomic E-state index is 12.5. The number of aromatic nitrogens is 2. The number of benzene rings is 1. The standard InChI is InChI=1S/C19H19N5O4/c1-23-6-8-24(9-7-23)19-20-13-5-3-2-4-11(13)16(21-19)15-12(10-14(25)26)17(27)22-18(15)28/h2-5H,6-10H2,1H3,(H,25,26)(H,22,27,28). The molecule has 144 valence electrons. The lowest BCUT2D eigenvalue weighted by Gasteiger charge is -2.32. The minimum absolute atomic E-state index is 0.0152. The molecule has 0 radical (unpaired) electrons. The van der Waals surface area contributed by atoms with E-state index < -0.39 is 24.2 Å². The van der Waals surface area contributed by atoms with Gasteiger partial charge in [-0.05, 0) is 13.1 Å². The number of carbonyl (C=O) groups is 3. The van der Waals surface area contributed by atoms with Crippen molar-refractivity contribution in [1.29, 1.82) is 0 Å². The number of anilines is 1. The number of rotatable bonds is 4. The highest BCUT2D eigenvalue weighted by molar-refractivity contribution is 6.37. The van der Waals surface area contributed by atoms with Crippen molar-refractivity contribution in [2.75, 3.05) is 38.1 Å². The summed E-state index contributed by atoms with van der Waals surface area (Å²) in [5.41, 5.74) is 0.863. The Morgan fingerprint density at radius 3 is 2.54 bits per heavy atom. The number of likely N-dealkylation sites (N-methyl/N-ethyl adjacent to an activating group) is 1. The Morgan fingerprint density at radius 1 is 1.11 bits per heavy atom. The molecule has 2 amide bonds. The van der Waals surface area contributed by atoms with Gasteiger partial charge in [0.15, 0.2) is 0 Å². The predicted molar refractivity (Wildman–Crippen MR) is 102 cm³/mol. The van der Waals surface area contributed by atoms with Crippen molar-refractivity contribution in [2.45, 2.75) is 6.42 Å². The van der Waals surface area contributed by atoms with E-state index in [9.17, 15) is 14.4 Å². The molecular formula is C19H19N5O4. The molecule has 28 heavy (non-hydrogen) atoms. The number of amides is 2. The number of piperazine rings is 1. The molecule has 0 unspecified atom stereocenters. The lowest BCUT2D eigenvalue weighted by atomic mass is 10.0. The number of nitrogens with one attached hydrogen (secondary N) is 1. The summed E-state index contributed by atoms with van der Waals surface area (Å²) in [5, 5.41) is 12.0. The van der Waals surface area contributed by atoms with Crippen LogP contribution in [0, 0.1) is 0 Å². The van der Waals surface area contributed by atoms with Gasteiger partial charge in [-0.2, -0.15) is 0 Å². The highest BCUT2D eigenvalue weighted by Crippen LogP contribution is 2.31. The van der Waals surface area contributed by atoms with Gasteiger partial charge in [0.1, 0.15) is 0 Å². The number of hydrogen-bond donors (Lipinski definition) is 2. The summed E-state index contributed by atoms with van der Waals surface area (Å²) in [6.45, 7) is 3.19. The second-order valence-electron chi connectivity index (χ2n) is 6.89. The first-order valence-electron chi connectivity index (χ1n) is 8.95. The first-order valence-corrected chi connectivity index (χ1v) is 8.95. The van der Waals surface area contributed by atoms with Crippen LogP contribution in [0.3, 0.4) is 0 Å². The third-order valence-corrected chi connectivity index (χ3v) is 4.97. The van der Waals surface area contributed by atoms with E-state index >= 15 is 0 Å². The zero-order valence-corrected chi connectivity index (χ0v) is 15.3. The molecule has 3 heterocycles. The van der Waals surface area contributed by atoms with E-state index in [1.807, 2.05) is 24.1 Å². The van der Waals surface area contributed by atoms with Crippen LogP contribution in [0.5, 0.6) is 0 Å². The van der Waals surface area contributed by atoms with Crippen molar-refractivity contribution < 1.29 is 19.5 Å². The second-order valence-corrected chi connectivity index (χ2v) is 6.89. The predicted octanol–water partition coefficient (Wildman–Crippen LogP) is 0.266. The third-order valence-electron chi connectivity index (χ3n) is 4.97. The Bertz CT molecular complexity index is 1020. The lowest BCUT2D eigenvalue weighted by molar-refractivity contribution is -0.137. The zero-order chi connectivity index (χ0) is 19.8. The summed E-state index contributed by atoms with van der Waals surface area (Å²) in [7, 11) is 2.04. The molecule has 4 rings (SSSR count). The van der Waals surface area contributed by atoms with Crippen LogP contribution in [0.4, 0.5) is 5.95 Å². The van der Waals surface area contributed by atoms with Crippen LogP contribution in [0.15, 0.2) is 29.8 Å². The molecule has 0 bridgehead atoms.